The van der Waals surface area contributed by atoms with E-state index >= 15 is 0 Å². The van der Waals surface area contributed by atoms with E-state index in [-0.39, 0.29) is 11.5 Å². The van der Waals surface area contributed by atoms with Crippen LogP contribution >= 0.6 is 0 Å². The fraction of sp³-hybridized carbons (Fsp3) is 0.591. The van der Waals surface area contributed by atoms with Crippen LogP contribution in [0.25, 0.3) is 10.9 Å². The molecule has 0 aliphatic carbocycles. The second kappa shape index (κ2) is 8.03. The quantitative estimate of drug-likeness (QED) is 0.886. The van der Waals surface area contributed by atoms with Crippen LogP contribution in [0, 0.1) is 5.92 Å². The van der Waals surface area contributed by atoms with E-state index in [0.717, 1.165) is 62.9 Å². The van der Waals surface area contributed by atoms with Crippen LogP contribution < -0.4 is 5.56 Å². The van der Waals surface area contributed by atoms with Gasteiger partial charge in [0.1, 0.15) is 5.52 Å². The summed E-state index contributed by atoms with van der Waals surface area (Å²) in [6.07, 6.45) is 5.40. The second-order valence-electron chi connectivity index (χ2n) is 8.50. The first-order valence-electron chi connectivity index (χ1n) is 10.5. The van der Waals surface area contributed by atoms with Crippen molar-refractivity contribution in [3.05, 3.63) is 40.4 Å². The molecule has 6 heteroatoms. The van der Waals surface area contributed by atoms with Crippen molar-refractivity contribution in [3.8, 4) is 0 Å². The zero-order chi connectivity index (χ0) is 19.7. The lowest BCUT2D eigenvalue weighted by Gasteiger charge is -2.38. The van der Waals surface area contributed by atoms with Crippen molar-refractivity contribution in [2.24, 2.45) is 5.92 Å². The van der Waals surface area contributed by atoms with E-state index in [0.29, 0.717) is 23.4 Å². The molecule has 2 aromatic heterocycles. The number of piperidine rings is 2. The average Bonchev–Trinajstić information content (AvgIpc) is 2.73. The van der Waals surface area contributed by atoms with E-state index in [4.69, 9.17) is 0 Å². The number of nitrogens with one attached hydrogen (secondary N) is 1. The Hall–Kier alpha value is -2.21. The molecule has 2 fully saturated rings. The Morgan fingerprint density at radius 3 is 2.54 bits per heavy atom. The van der Waals surface area contributed by atoms with Gasteiger partial charge in [0.25, 0.3) is 5.56 Å². The molecule has 28 heavy (non-hydrogen) atoms. The zero-order valence-electron chi connectivity index (χ0n) is 16.9. The Bertz CT molecular complexity index is 891. The molecule has 4 heterocycles. The number of H-pyrrole nitrogens is 1. The molecule has 2 aromatic rings. The molecule has 1 N–H and O–H groups in total. The Kier molecular flexibility index (Phi) is 5.49. The summed E-state index contributed by atoms with van der Waals surface area (Å²) in [5, 5.41) is 0.886. The molecular weight excluding hydrogens is 352 g/mol. The van der Waals surface area contributed by atoms with Gasteiger partial charge in [-0.2, -0.15) is 0 Å². The summed E-state index contributed by atoms with van der Waals surface area (Å²) in [5.41, 5.74) is 1.35. The molecule has 0 aromatic carbocycles. The number of nitrogens with zero attached hydrogens (tertiary/aromatic N) is 3. The molecule has 0 bridgehead atoms. The largest absolute Gasteiger partial charge is 0.342 e. The van der Waals surface area contributed by atoms with Gasteiger partial charge in [-0.05, 0) is 64.8 Å². The molecule has 0 unspecified atom stereocenters. The summed E-state index contributed by atoms with van der Waals surface area (Å²) >= 11 is 0. The van der Waals surface area contributed by atoms with Crippen molar-refractivity contribution in [2.45, 2.75) is 51.5 Å². The molecule has 2 saturated heterocycles. The van der Waals surface area contributed by atoms with Crippen molar-refractivity contribution in [3.63, 3.8) is 0 Å². The van der Waals surface area contributed by atoms with Gasteiger partial charge >= 0.3 is 0 Å². The first-order valence-corrected chi connectivity index (χ1v) is 10.5. The van der Waals surface area contributed by atoms with Crippen molar-refractivity contribution in [1.82, 2.24) is 19.8 Å². The van der Waals surface area contributed by atoms with Gasteiger partial charge in [-0.15, -0.1) is 0 Å². The van der Waals surface area contributed by atoms with Gasteiger partial charge in [-0.1, -0.05) is 6.07 Å². The summed E-state index contributed by atoms with van der Waals surface area (Å²) in [5.74, 6) is 0.806. The molecule has 2 aliphatic heterocycles. The van der Waals surface area contributed by atoms with E-state index in [1.54, 1.807) is 6.20 Å². The highest BCUT2D eigenvalue weighted by Gasteiger charge is 2.31. The van der Waals surface area contributed by atoms with E-state index in [2.05, 4.69) is 28.7 Å². The molecule has 0 atom stereocenters. The van der Waals surface area contributed by atoms with Crippen LogP contribution in [0.4, 0.5) is 0 Å². The molecule has 0 saturated carbocycles. The van der Waals surface area contributed by atoms with Crippen molar-refractivity contribution < 1.29 is 4.79 Å². The number of carbonyl (C=O) groups is 1. The third-order valence-corrected chi connectivity index (χ3v) is 6.48. The molecule has 4 rings (SSSR count). The van der Waals surface area contributed by atoms with Gasteiger partial charge in [0.2, 0.25) is 5.91 Å². The Morgan fingerprint density at radius 1 is 1.14 bits per heavy atom. The number of fused-ring (bicyclic) bond motifs is 1. The summed E-state index contributed by atoms with van der Waals surface area (Å²) in [7, 11) is 0. The van der Waals surface area contributed by atoms with E-state index in [1.807, 2.05) is 23.1 Å². The molecule has 1 amide bonds. The maximum absolute atomic E-state index is 12.9. The number of aromatic amines is 1. The number of pyridine rings is 2. The fourth-order valence-corrected chi connectivity index (χ4v) is 4.67. The maximum atomic E-state index is 12.9. The van der Waals surface area contributed by atoms with Crippen LogP contribution in [-0.4, -0.2) is 57.9 Å². The zero-order valence-corrected chi connectivity index (χ0v) is 16.9. The van der Waals surface area contributed by atoms with Gasteiger partial charge in [-0.3, -0.25) is 14.6 Å². The van der Waals surface area contributed by atoms with Crippen LogP contribution in [0.3, 0.4) is 0 Å². The molecule has 2 aliphatic rings. The second-order valence-corrected chi connectivity index (χ2v) is 8.50. The standard InChI is InChI=1S/C22H30N4O2/c1-15(2)25-10-7-17(8-11-25)22(28)26-12-5-16(6-13-26)19-14-18-4-3-9-23-20(18)21(27)24-19/h3-4,9,14-17H,5-8,10-13H2,1-2H3,(H,24,27). The van der Waals surface area contributed by atoms with Gasteiger partial charge in [-0.25, -0.2) is 0 Å². The minimum absolute atomic E-state index is 0.122. The van der Waals surface area contributed by atoms with E-state index < -0.39 is 0 Å². The molecule has 150 valence electrons. The Balaban J connectivity index is 1.37. The van der Waals surface area contributed by atoms with Crippen molar-refractivity contribution >= 4 is 16.8 Å². The molecular formula is C22H30N4O2. The lowest BCUT2D eigenvalue weighted by atomic mass is 9.90. The number of hydrogen-bond acceptors (Lipinski definition) is 4. The molecule has 0 spiro atoms. The van der Waals surface area contributed by atoms with Gasteiger partial charge in [0, 0.05) is 48.2 Å². The van der Waals surface area contributed by atoms with E-state index in [1.165, 1.54) is 0 Å². The first-order chi connectivity index (χ1) is 13.5. The number of carbonyl (C=O) groups excluding carboxylic acids is 1. The summed E-state index contributed by atoms with van der Waals surface area (Å²) in [6, 6.07) is 6.40. The monoisotopic (exact) mass is 382 g/mol. The molecule has 6 nitrogen and oxygen atoms in total. The fourth-order valence-electron chi connectivity index (χ4n) is 4.67. The minimum atomic E-state index is -0.122. The number of amides is 1. The lowest BCUT2D eigenvalue weighted by Crippen LogP contribution is -2.46. The highest BCUT2D eigenvalue weighted by atomic mass is 16.2. The minimum Gasteiger partial charge on any atom is -0.342 e. The van der Waals surface area contributed by atoms with Gasteiger partial charge in [0.05, 0.1) is 0 Å². The number of rotatable bonds is 3. The van der Waals surface area contributed by atoms with Crippen LogP contribution in [0.5, 0.6) is 0 Å². The smallest absolute Gasteiger partial charge is 0.274 e. The number of hydrogen-bond donors (Lipinski definition) is 1. The first kappa shape index (κ1) is 19.1. The highest BCUT2D eigenvalue weighted by Crippen LogP contribution is 2.29. The SMILES string of the molecule is CC(C)N1CCC(C(=O)N2CCC(c3cc4cccnc4c(=O)[nH]3)CC2)CC1. The molecule has 0 radical (unpaired) electrons. The number of aromatic nitrogens is 2. The normalized spacial score (nSPS) is 20.2. The average molecular weight is 383 g/mol. The topological polar surface area (TPSA) is 69.3 Å². The van der Waals surface area contributed by atoms with E-state index in [9.17, 15) is 9.59 Å². The third-order valence-electron chi connectivity index (χ3n) is 6.48. The predicted molar refractivity (Wildman–Crippen MR) is 110 cm³/mol. The highest BCUT2D eigenvalue weighted by molar-refractivity contribution is 5.79. The summed E-state index contributed by atoms with van der Waals surface area (Å²) in [4.78, 5) is 36.9. The Morgan fingerprint density at radius 2 is 1.86 bits per heavy atom. The van der Waals surface area contributed by atoms with Crippen molar-refractivity contribution in [1.29, 1.82) is 0 Å². The summed E-state index contributed by atoms with van der Waals surface area (Å²) in [6.45, 7) is 8.05. The van der Waals surface area contributed by atoms with Gasteiger partial charge in [0.15, 0.2) is 0 Å². The van der Waals surface area contributed by atoms with Crippen LogP contribution in [0.2, 0.25) is 0 Å². The third kappa shape index (κ3) is 3.83. The van der Waals surface area contributed by atoms with Crippen LogP contribution in [0.1, 0.15) is 51.1 Å². The lowest BCUT2D eigenvalue weighted by molar-refractivity contribution is -0.138. The Labute approximate surface area is 165 Å². The maximum Gasteiger partial charge on any atom is 0.274 e. The van der Waals surface area contributed by atoms with Gasteiger partial charge < -0.3 is 14.8 Å². The van der Waals surface area contributed by atoms with Crippen LogP contribution in [-0.2, 0) is 4.79 Å². The van der Waals surface area contributed by atoms with Crippen LogP contribution in [0.15, 0.2) is 29.2 Å². The summed E-state index contributed by atoms with van der Waals surface area (Å²) < 4.78 is 0. The number of likely N-dealkylation sites (tertiary alicyclic amines) is 2. The van der Waals surface area contributed by atoms with Crippen molar-refractivity contribution in [2.75, 3.05) is 26.2 Å². The predicted octanol–water partition coefficient (Wildman–Crippen LogP) is 2.75.